The molecule has 2 aromatic carbocycles. The van der Waals surface area contributed by atoms with E-state index in [4.69, 9.17) is 4.74 Å². The van der Waals surface area contributed by atoms with Gasteiger partial charge in [0, 0.05) is 30.9 Å². The van der Waals surface area contributed by atoms with Crippen molar-refractivity contribution in [1.29, 1.82) is 0 Å². The van der Waals surface area contributed by atoms with Crippen molar-refractivity contribution in [2.75, 3.05) is 37.7 Å². The summed E-state index contributed by atoms with van der Waals surface area (Å²) in [6, 6.07) is 15.2. The van der Waals surface area contributed by atoms with Crippen molar-refractivity contribution in [3.05, 3.63) is 65.2 Å². The molecule has 3 rings (SSSR count). The summed E-state index contributed by atoms with van der Waals surface area (Å²) < 4.78 is 5.35. The van der Waals surface area contributed by atoms with Gasteiger partial charge in [-0.1, -0.05) is 29.8 Å². The summed E-state index contributed by atoms with van der Waals surface area (Å²) in [6.45, 7) is 5.40. The van der Waals surface area contributed by atoms with Crippen LogP contribution in [0.2, 0.25) is 0 Å². The van der Waals surface area contributed by atoms with Crippen molar-refractivity contribution in [1.82, 2.24) is 5.32 Å². The number of hydrogen-bond donors (Lipinski definition) is 2. The van der Waals surface area contributed by atoms with Crippen LogP contribution in [-0.2, 0) is 4.74 Å². The molecule has 2 aromatic rings. The van der Waals surface area contributed by atoms with E-state index in [2.05, 4.69) is 10.2 Å². The summed E-state index contributed by atoms with van der Waals surface area (Å²) in [5.74, 6) is -0.181. The number of carbonyl (C=O) groups is 1. The Kier molecular flexibility index (Phi) is 5.68. The van der Waals surface area contributed by atoms with Crippen LogP contribution in [-0.4, -0.2) is 43.9 Å². The molecule has 0 aromatic heterocycles. The quantitative estimate of drug-likeness (QED) is 0.877. The Morgan fingerprint density at radius 2 is 1.76 bits per heavy atom. The van der Waals surface area contributed by atoms with Gasteiger partial charge in [-0.25, -0.2) is 0 Å². The monoisotopic (exact) mass is 340 g/mol. The third kappa shape index (κ3) is 4.59. The molecule has 2 N–H and O–H groups in total. The van der Waals surface area contributed by atoms with Gasteiger partial charge in [0.15, 0.2) is 0 Å². The third-order valence-electron chi connectivity index (χ3n) is 4.42. The summed E-state index contributed by atoms with van der Waals surface area (Å²) in [7, 11) is 0. The number of ether oxygens (including phenoxy) is 1. The first-order valence-electron chi connectivity index (χ1n) is 8.59. The van der Waals surface area contributed by atoms with Crippen molar-refractivity contribution >= 4 is 11.6 Å². The Labute approximate surface area is 148 Å². The van der Waals surface area contributed by atoms with E-state index in [1.165, 1.54) is 0 Å². The van der Waals surface area contributed by atoms with Crippen LogP contribution < -0.4 is 10.2 Å². The maximum Gasteiger partial charge on any atom is 0.251 e. The minimum atomic E-state index is -0.711. The van der Waals surface area contributed by atoms with E-state index in [0.29, 0.717) is 5.56 Å². The molecule has 1 atom stereocenters. The number of hydrogen-bond acceptors (Lipinski definition) is 4. The molecule has 1 fully saturated rings. The molecule has 1 unspecified atom stereocenters. The second kappa shape index (κ2) is 8.14. The smallest absolute Gasteiger partial charge is 0.251 e. The molecule has 1 aliphatic heterocycles. The standard InChI is InChI=1S/C20H24N2O3/c1-15-2-4-16(5-3-15)19(23)14-21-20(24)17-6-8-18(9-7-17)22-10-12-25-13-11-22/h2-9,19,23H,10-14H2,1H3,(H,21,24). The minimum Gasteiger partial charge on any atom is -0.387 e. The largest absolute Gasteiger partial charge is 0.387 e. The fourth-order valence-corrected chi connectivity index (χ4v) is 2.84. The SMILES string of the molecule is Cc1ccc(C(O)CNC(=O)c2ccc(N3CCOCC3)cc2)cc1. The van der Waals surface area contributed by atoms with Gasteiger partial charge in [0.1, 0.15) is 0 Å². The lowest BCUT2D eigenvalue weighted by Crippen LogP contribution is -2.36. The number of amides is 1. The number of aliphatic hydroxyl groups excluding tert-OH is 1. The number of benzene rings is 2. The Hall–Kier alpha value is -2.37. The molecule has 0 aliphatic carbocycles. The number of nitrogens with one attached hydrogen (secondary N) is 1. The van der Waals surface area contributed by atoms with E-state index in [1.807, 2.05) is 55.5 Å². The second-order valence-corrected chi connectivity index (χ2v) is 6.28. The molecular weight excluding hydrogens is 316 g/mol. The molecule has 1 aliphatic rings. The molecule has 0 radical (unpaired) electrons. The van der Waals surface area contributed by atoms with Gasteiger partial charge in [-0.15, -0.1) is 0 Å². The number of rotatable bonds is 5. The average molecular weight is 340 g/mol. The van der Waals surface area contributed by atoms with Crippen molar-refractivity contribution in [2.45, 2.75) is 13.0 Å². The van der Waals surface area contributed by atoms with Crippen molar-refractivity contribution in [3.8, 4) is 0 Å². The molecule has 1 amide bonds. The number of carbonyl (C=O) groups excluding carboxylic acids is 1. The normalized spacial score (nSPS) is 15.7. The molecule has 5 heteroatoms. The second-order valence-electron chi connectivity index (χ2n) is 6.28. The van der Waals surface area contributed by atoms with Crippen LogP contribution in [0.3, 0.4) is 0 Å². The maximum atomic E-state index is 12.3. The highest BCUT2D eigenvalue weighted by Gasteiger charge is 2.13. The Balaban J connectivity index is 1.54. The number of anilines is 1. The Morgan fingerprint density at radius 1 is 1.12 bits per heavy atom. The fraction of sp³-hybridized carbons (Fsp3) is 0.350. The number of aliphatic hydroxyl groups is 1. The summed E-state index contributed by atoms with van der Waals surface area (Å²) in [6.07, 6.45) is -0.711. The van der Waals surface area contributed by atoms with E-state index in [0.717, 1.165) is 43.1 Å². The molecule has 132 valence electrons. The van der Waals surface area contributed by atoms with Crippen LogP contribution >= 0.6 is 0 Å². The van der Waals surface area contributed by atoms with Crippen molar-refractivity contribution < 1.29 is 14.6 Å². The van der Waals surface area contributed by atoms with Crippen molar-refractivity contribution in [3.63, 3.8) is 0 Å². The van der Waals surface area contributed by atoms with E-state index in [-0.39, 0.29) is 12.5 Å². The van der Waals surface area contributed by atoms with Crippen LogP contribution in [0, 0.1) is 6.92 Å². The van der Waals surface area contributed by atoms with Gasteiger partial charge >= 0.3 is 0 Å². The number of morpholine rings is 1. The van der Waals surface area contributed by atoms with Gasteiger partial charge in [0.05, 0.1) is 19.3 Å². The third-order valence-corrected chi connectivity index (χ3v) is 4.42. The van der Waals surface area contributed by atoms with Gasteiger partial charge in [-0.2, -0.15) is 0 Å². The van der Waals surface area contributed by atoms with E-state index in [9.17, 15) is 9.90 Å². The van der Waals surface area contributed by atoms with E-state index in [1.54, 1.807) is 0 Å². The first-order valence-corrected chi connectivity index (χ1v) is 8.59. The van der Waals surface area contributed by atoms with Crippen LogP contribution in [0.5, 0.6) is 0 Å². The molecule has 5 nitrogen and oxygen atoms in total. The Bertz CT molecular complexity index is 692. The Morgan fingerprint density at radius 3 is 2.40 bits per heavy atom. The first kappa shape index (κ1) is 17.5. The van der Waals surface area contributed by atoms with Crippen LogP contribution in [0.4, 0.5) is 5.69 Å². The summed E-state index contributed by atoms with van der Waals surface area (Å²) in [5.41, 5.74) is 3.63. The van der Waals surface area contributed by atoms with Crippen LogP contribution in [0.1, 0.15) is 27.6 Å². The summed E-state index contributed by atoms with van der Waals surface area (Å²) in [4.78, 5) is 14.5. The zero-order valence-electron chi connectivity index (χ0n) is 14.4. The van der Waals surface area contributed by atoms with Gasteiger partial charge in [0.2, 0.25) is 0 Å². The molecule has 0 saturated carbocycles. The number of nitrogens with zero attached hydrogens (tertiary/aromatic N) is 1. The minimum absolute atomic E-state index is 0.181. The average Bonchev–Trinajstić information content (AvgIpc) is 2.67. The highest BCUT2D eigenvalue weighted by atomic mass is 16.5. The van der Waals surface area contributed by atoms with E-state index >= 15 is 0 Å². The highest BCUT2D eigenvalue weighted by molar-refractivity contribution is 5.94. The number of aryl methyl sites for hydroxylation is 1. The zero-order valence-corrected chi connectivity index (χ0v) is 14.4. The molecule has 25 heavy (non-hydrogen) atoms. The molecule has 0 bridgehead atoms. The van der Waals surface area contributed by atoms with E-state index < -0.39 is 6.10 Å². The lowest BCUT2D eigenvalue weighted by Gasteiger charge is -2.28. The maximum absolute atomic E-state index is 12.3. The van der Waals surface area contributed by atoms with Gasteiger partial charge in [-0.05, 0) is 36.8 Å². The van der Waals surface area contributed by atoms with Gasteiger partial charge in [0.25, 0.3) is 5.91 Å². The van der Waals surface area contributed by atoms with Crippen LogP contribution in [0.15, 0.2) is 48.5 Å². The van der Waals surface area contributed by atoms with Gasteiger partial charge < -0.3 is 20.1 Å². The van der Waals surface area contributed by atoms with Crippen LogP contribution in [0.25, 0.3) is 0 Å². The lowest BCUT2D eigenvalue weighted by atomic mass is 10.1. The molecule has 0 spiro atoms. The predicted octanol–water partition coefficient (Wildman–Crippen LogP) is 2.30. The fourth-order valence-electron chi connectivity index (χ4n) is 2.84. The zero-order chi connectivity index (χ0) is 17.6. The summed E-state index contributed by atoms with van der Waals surface area (Å²) in [5, 5.41) is 13.0. The topological polar surface area (TPSA) is 61.8 Å². The molecule has 1 heterocycles. The lowest BCUT2D eigenvalue weighted by molar-refractivity contribution is 0.0916. The molecular formula is C20H24N2O3. The first-order chi connectivity index (χ1) is 12.1. The molecule has 1 saturated heterocycles. The summed E-state index contributed by atoms with van der Waals surface area (Å²) >= 11 is 0. The predicted molar refractivity (Wildman–Crippen MR) is 97.9 cm³/mol. The van der Waals surface area contributed by atoms with Crippen molar-refractivity contribution in [2.24, 2.45) is 0 Å². The van der Waals surface area contributed by atoms with Gasteiger partial charge in [-0.3, -0.25) is 4.79 Å². The highest BCUT2D eigenvalue weighted by Crippen LogP contribution is 2.17.